The Bertz CT molecular complexity index is 1010. The Balaban J connectivity index is 1.65. The molecule has 0 saturated heterocycles. The molecule has 1 aromatic heterocycles. The van der Waals surface area contributed by atoms with Gasteiger partial charge in [0.05, 0.1) is 12.8 Å². The number of esters is 1. The summed E-state index contributed by atoms with van der Waals surface area (Å²) in [5, 5.41) is 3.23. The minimum absolute atomic E-state index is 0.0373. The van der Waals surface area contributed by atoms with Gasteiger partial charge < -0.3 is 24.5 Å². The molecule has 2 atom stereocenters. The highest BCUT2D eigenvalue weighted by Crippen LogP contribution is 2.37. The maximum Gasteiger partial charge on any atom is 0.364 e. The van der Waals surface area contributed by atoms with E-state index in [9.17, 15) is 4.79 Å². The van der Waals surface area contributed by atoms with Crippen LogP contribution in [-0.4, -0.2) is 30.9 Å². The molecule has 5 rings (SSSR count). The number of nitrogens with one attached hydrogen (secondary N) is 1. The first kappa shape index (κ1) is 15.3. The highest BCUT2D eigenvalue weighted by atomic mass is 16.7. The standard InChI is InChI=1S/C20H18N2O4/c1-24-20(23)15-9-13-12-4-2-3-5-14(12)21-19(13)18(22-15)11-6-7-16-17(8-11)26-10-25-16/h2-8,15,18,21-22H,9-10H2,1H3/p+1. The van der Waals surface area contributed by atoms with E-state index in [0.717, 1.165) is 33.7 Å². The number of H-pyrrole nitrogens is 1. The van der Waals surface area contributed by atoms with Crippen LogP contribution in [-0.2, 0) is 16.0 Å². The normalized spacial score (nSPS) is 20.8. The highest BCUT2D eigenvalue weighted by Gasteiger charge is 2.38. The van der Waals surface area contributed by atoms with Gasteiger partial charge in [-0.25, -0.2) is 4.79 Å². The third-order valence-corrected chi connectivity index (χ3v) is 5.27. The summed E-state index contributed by atoms with van der Waals surface area (Å²) in [5.74, 6) is 1.30. The maximum atomic E-state index is 12.3. The van der Waals surface area contributed by atoms with E-state index >= 15 is 0 Å². The van der Waals surface area contributed by atoms with Crippen LogP contribution in [0.25, 0.3) is 10.9 Å². The van der Waals surface area contributed by atoms with Gasteiger partial charge in [0.1, 0.15) is 0 Å². The molecule has 0 saturated carbocycles. The van der Waals surface area contributed by atoms with E-state index in [2.05, 4.69) is 22.4 Å². The second kappa shape index (κ2) is 5.78. The van der Waals surface area contributed by atoms with Crippen molar-refractivity contribution in [3.63, 3.8) is 0 Å². The smallest absolute Gasteiger partial charge is 0.364 e. The molecule has 3 aromatic rings. The van der Waals surface area contributed by atoms with Crippen LogP contribution in [0.5, 0.6) is 11.5 Å². The second-order valence-electron chi connectivity index (χ2n) is 6.68. The van der Waals surface area contributed by atoms with E-state index in [-0.39, 0.29) is 24.8 Å². The molecule has 3 heterocycles. The lowest BCUT2D eigenvalue weighted by molar-refractivity contribution is -0.712. The van der Waals surface area contributed by atoms with Gasteiger partial charge in [-0.2, -0.15) is 0 Å². The summed E-state index contributed by atoms with van der Waals surface area (Å²) < 4.78 is 16.0. The van der Waals surface area contributed by atoms with Crippen molar-refractivity contribution in [2.75, 3.05) is 13.9 Å². The summed E-state index contributed by atoms with van der Waals surface area (Å²) in [7, 11) is 1.44. The van der Waals surface area contributed by atoms with Crippen molar-refractivity contribution in [3.8, 4) is 11.5 Å². The van der Waals surface area contributed by atoms with Crippen LogP contribution in [0.15, 0.2) is 42.5 Å². The summed E-state index contributed by atoms with van der Waals surface area (Å²) in [6, 6.07) is 13.8. The lowest BCUT2D eigenvalue weighted by Crippen LogP contribution is -2.94. The molecule has 26 heavy (non-hydrogen) atoms. The number of carbonyl (C=O) groups excluding carboxylic acids is 1. The number of rotatable bonds is 2. The number of para-hydroxylation sites is 1. The van der Waals surface area contributed by atoms with Gasteiger partial charge in [0.15, 0.2) is 23.6 Å². The fraction of sp³-hybridized carbons (Fsp3) is 0.250. The molecule has 0 aliphatic carbocycles. The van der Waals surface area contributed by atoms with Crippen LogP contribution >= 0.6 is 0 Å². The molecule has 2 unspecified atom stereocenters. The van der Waals surface area contributed by atoms with Gasteiger partial charge >= 0.3 is 5.97 Å². The molecular formula is C20H19N2O4+. The molecule has 0 amide bonds. The molecule has 0 fully saturated rings. The van der Waals surface area contributed by atoms with Crippen molar-refractivity contribution in [3.05, 3.63) is 59.3 Å². The van der Waals surface area contributed by atoms with Crippen LogP contribution < -0.4 is 14.8 Å². The lowest BCUT2D eigenvalue weighted by Gasteiger charge is -2.27. The predicted octanol–water partition coefficient (Wildman–Crippen LogP) is 1.65. The Morgan fingerprint density at radius 1 is 1.19 bits per heavy atom. The van der Waals surface area contributed by atoms with Crippen molar-refractivity contribution in [2.45, 2.75) is 18.5 Å². The van der Waals surface area contributed by atoms with Crippen LogP contribution in [0.3, 0.4) is 0 Å². The molecule has 6 nitrogen and oxygen atoms in total. The summed E-state index contributed by atoms with van der Waals surface area (Å²) >= 11 is 0. The third kappa shape index (κ3) is 2.26. The molecule has 3 N–H and O–H groups in total. The molecule has 0 radical (unpaired) electrons. The fourth-order valence-electron chi connectivity index (χ4n) is 4.02. The summed E-state index contributed by atoms with van der Waals surface area (Å²) in [6.45, 7) is 0.246. The number of ether oxygens (including phenoxy) is 3. The number of aromatic nitrogens is 1. The van der Waals surface area contributed by atoms with E-state index in [0.29, 0.717) is 6.42 Å². The molecular weight excluding hydrogens is 332 g/mol. The first-order chi connectivity index (χ1) is 12.7. The largest absolute Gasteiger partial charge is 0.465 e. The Kier molecular flexibility index (Phi) is 3.39. The van der Waals surface area contributed by atoms with E-state index in [1.165, 1.54) is 12.7 Å². The van der Waals surface area contributed by atoms with Gasteiger partial charge in [-0.15, -0.1) is 0 Å². The average Bonchev–Trinajstić information content (AvgIpc) is 3.30. The van der Waals surface area contributed by atoms with Crippen molar-refractivity contribution >= 4 is 16.9 Å². The van der Waals surface area contributed by atoms with E-state index < -0.39 is 0 Å². The molecule has 2 aromatic carbocycles. The lowest BCUT2D eigenvalue weighted by atomic mass is 9.90. The van der Waals surface area contributed by atoms with Gasteiger partial charge in [0.2, 0.25) is 6.79 Å². The SMILES string of the molecule is COC(=O)C1Cc2c([nH]c3ccccc23)C(c2ccc3c(c2)OCO3)[NH2+]1. The van der Waals surface area contributed by atoms with Gasteiger partial charge in [0, 0.05) is 22.9 Å². The van der Waals surface area contributed by atoms with Crippen molar-refractivity contribution in [1.82, 2.24) is 4.98 Å². The number of hydrogen-bond donors (Lipinski definition) is 2. The van der Waals surface area contributed by atoms with Crippen LogP contribution in [0, 0.1) is 0 Å². The van der Waals surface area contributed by atoms with E-state index in [1.807, 2.05) is 30.3 Å². The Morgan fingerprint density at radius 2 is 2.04 bits per heavy atom. The van der Waals surface area contributed by atoms with Gasteiger partial charge in [-0.3, -0.25) is 0 Å². The predicted molar refractivity (Wildman–Crippen MR) is 94.1 cm³/mol. The minimum Gasteiger partial charge on any atom is -0.465 e. The Hall–Kier alpha value is -2.99. The summed E-state index contributed by atoms with van der Waals surface area (Å²) in [4.78, 5) is 15.8. The number of aromatic amines is 1. The molecule has 2 aliphatic heterocycles. The number of carbonyl (C=O) groups is 1. The van der Waals surface area contributed by atoms with Gasteiger partial charge in [-0.05, 0) is 29.8 Å². The van der Waals surface area contributed by atoms with E-state index in [4.69, 9.17) is 14.2 Å². The number of hydrogen-bond acceptors (Lipinski definition) is 4. The van der Waals surface area contributed by atoms with Gasteiger partial charge in [0.25, 0.3) is 0 Å². The molecule has 132 valence electrons. The minimum atomic E-state index is -0.276. The number of benzene rings is 2. The van der Waals surface area contributed by atoms with Crippen LogP contribution in [0.2, 0.25) is 0 Å². The second-order valence-corrected chi connectivity index (χ2v) is 6.68. The zero-order valence-corrected chi connectivity index (χ0v) is 14.3. The van der Waals surface area contributed by atoms with Gasteiger partial charge in [-0.1, -0.05) is 18.2 Å². The van der Waals surface area contributed by atoms with Crippen LogP contribution in [0.1, 0.15) is 22.9 Å². The van der Waals surface area contributed by atoms with Crippen molar-refractivity contribution < 1.29 is 24.3 Å². The first-order valence-corrected chi connectivity index (χ1v) is 8.66. The Morgan fingerprint density at radius 3 is 2.92 bits per heavy atom. The van der Waals surface area contributed by atoms with Crippen molar-refractivity contribution in [1.29, 1.82) is 0 Å². The summed E-state index contributed by atoms with van der Waals surface area (Å²) in [6.07, 6.45) is 0.646. The fourth-order valence-corrected chi connectivity index (χ4v) is 4.02. The molecule has 2 aliphatic rings. The number of quaternary nitrogens is 1. The number of fused-ring (bicyclic) bond motifs is 4. The zero-order chi connectivity index (χ0) is 17.7. The van der Waals surface area contributed by atoms with Crippen LogP contribution in [0.4, 0.5) is 0 Å². The number of methoxy groups -OCH3 is 1. The quantitative estimate of drug-likeness (QED) is 0.688. The Labute approximate surface area is 150 Å². The summed E-state index contributed by atoms with van der Waals surface area (Å²) in [5.41, 5.74) is 4.46. The average molecular weight is 351 g/mol. The first-order valence-electron chi connectivity index (χ1n) is 8.66. The zero-order valence-electron chi connectivity index (χ0n) is 14.3. The molecule has 0 spiro atoms. The van der Waals surface area contributed by atoms with Crippen molar-refractivity contribution in [2.24, 2.45) is 0 Å². The maximum absolute atomic E-state index is 12.3. The highest BCUT2D eigenvalue weighted by molar-refractivity contribution is 5.86. The topological polar surface area (TPSA) is 77.2 Å². The molecule has 6 heteroatoms. The molecule has 0 bridgehead atoms. The monoisotopic (exact) mass is 351 g/mol. The number of nitrogens with two attached hydrogens (primary N) is 1. The third-order valence-electron chi connectivity index (χ3n) is 5.27. The van der Waals surface area contributed by atoms with E-state index in [1.54, 1.807) is 0 Å².